The van der Waals surface area contributed by atoms with Crippen LogP contribution in [0.25, 0.3) is 0 Å². The van der Waals surface area contributed by atoms with Crippen LogP contribution in [0.5, 0.6) is 0 Å². The molecule has 5 heteroatoms. The summed E-state index contributed by atoms with van der Waals surface area (Å²) in [4.78, 5) is 13.3. The molecule has 1 aromatic heterocycles. The lowest BCUT2D eigenvalue weighted by Gasteiger charge is -2.16. The normalized spacial score (nSPS) is 15.2. The summed E-state index contributed by atoms with van der Waals surface area (Å²) in [5.41, 5.74) is 7.90. The average Bonchev–Trinajstić information content (AvgIpc) is 2.64. The van der Waals surface area contributed by atoms with E-state index in [2.05, 4.69) is 26.8 Å². The molecule has 1 aromatic rings. The van der Waals surface area contributed by atoms with Crippen molar-refractivity contribution in [2.75, 3.05) is 32.1 Å². The second kappa shape index (κ2) is 4.76. The van der Waals surface area contributed by atoms with Gasteiger partial charge in [-0.15, -0.1) is 0 Å². The molecule has 1 aliphatic rings. The van der Waals surface area contributed by atoms with Crippen molar-refractivity contribution in [2.45, 2.75) is 19.5 Å². The second-order valence-corrected chi connectivity index (χ2v) is 4.38. The van der Waals surface area contributed by atoms with Gasteiger partial charge in [0, 0.05) is 38.4 Å². The predicted octanol–water partition coefficient (Wildman–Crippen LogP) is 0.207. The third-order valence-corrected chi connectivity index (χ3v) is 2.84. The number of hydrogen-bond acceptors (Lipinski definition) is 5. The van der Waals surface area contributed by atoms with Crippen molar-refractivity contribution in [2.24, 2.45) is 5.73 Å². The standard InChI is InChI=1S/C11H19N5/c1-15-7-9-6-13-11(14-10(9)8-15)16(2)5-3-4-12/h6H,3-5,7-8,12H2,1-2H3. The first-order valence-corrected chi connectivity index (χ1v) is 5.65. The fraction of sp³-hybridized carbons (Fsp3) is 0.636. The zero-order valence-corrected chi connectivity index (χ0v) is 9.98. The highest BCUT2D eigenvalue weighted by molar-refractivity contribution is 5.33. The maximum atomic E-state index is 5.49. The lowest BCUT2D eigenvalue weighted by molar-refractivity contribution is 0.351. The van der Waals surface area contributed by atoms with Crippen LogP contribution >= 0.6 is 0 Å². The van der Waals surface area contributed by atoms with Gasteiger partial charge in [0.05, 0.1) is 5.69 Å². The molecule has 0 spiro atoms. The monoisotopic (exact) mass is 221 g/mol. The van der Waals surface area contributed by atoms with Crippen LogP contribution in [0.15, 0.2) is 6.20 Å². The number of fused-ring (bicyclic) bond motifs is 1. The van der Waals surface area contributed by atoms with Gasteiger partial charge in [-0.3, -0.25) is 4.90 Å². The third-order valence-electron chi connectivity index (χ3n) is 2.84. The molecule has 0 amide bonds. The lowest BCUT2D eigenvalue weighted by Crippen LogP contribution is -2.23. The van der Waals surface area contributed by atoms with Crippen LogP contribution in [0.3, 0.4) is 0 Å². The average molecular weight is 221 g/mol. The van der Waals surface area contributed by atoms with Crippen LogP contribution in [0.1, 0.15) is 17.7 Å². The first kappa shape index (κ1) is 11.3. The molecular weight excluding hydrogens is 202 g/mol. The fourth-order valence-electron chi connectivity index (χ4n) is 1.92. The predicted molar refractivity (Wildman–Crippen MR) is 64.1 cm³/mol. The Labute approximate surface area is 96.3 Å². The second-order valence-electron chi connectivity index (χ2n) is 4.38. The summed E-state index contributed by atoms with van der Waals surface area (Å²) < 4.78 is 0. The molecule has 0 saturated heterocycles. The molecule has 0 fully saturated rings. The highest BCUT2D eigenvalue weighted by Crippen LogP contribution is 2.20. The molecule has 0 radical (unpaired) electrons. The molecule has 1 aliphatic heterocycles. The van der Waals surface area contributed by atoms with Crippen LogP contribution in [-0.4, -0.2) is 42.1 Å². The number of nitrogens with zero attached hydrogens (tertiary/aromatic N) is 4. The van der Waals surface area contributed by atoms with E-state index in [1.54, 1.807) is 0 Å². The van der Waals surface area contributed by atoms with Crippen LogP contribution in [-0.2, 0) is 13.1 Å². The largest absolute Gasteiger partial charge is 0.344 e. The quantitative estimate of drug-likeness (QED) is 0.787. The zero-order valence-electron chi connectivity index (χ0n) is 9.98. The van der Waals surface area contributed by atoms with E-state index in [-0.39, 0.29) is 0 Å². The molecule has 0 aliphatic carbocycles. The van der Waals surface area contributed by atoms with Crippen molar-refractivity contribution in [1.82, 2.24) is 14.9 Å². The zero-order chi connectivity index (χ0) is 11.5. The smallest absolute Gasteiger partial charge is 0.225 e. The Hall–Kier alpha value is -1.20. The van der Waals surface area contributed by atoms with Crippen molar-refractivity contribution in [3.8, 4) is 0 Å². The molecular formula is C11H19N5. The van der Waals surface area contributed by atoms with Gasteiger partial charge in [0.15, 0.2) is 0 Å². The SMILES string of the molecule is CN1Cc2cnc(N(C)CCCN)nc2C1. The number of hydrogen-bond donors (Lipinski definition) is 1. The molecule has 0 saturated carbocycles. The van der Waals surface area contributed by atoms with E-state index < -0.39 is 0 Å². The maximum absolute atomic E-state index is 5.49. The molecule has 2 heterocycles. The molecule has 0 unspecified atom stereocenters. The van der Waals surface area contributed by atoms with Gasteiger partial charge in [-0.1, -0.05) is 0 Å². The topological polar surface area (TPSA) is 58.3 Å². The van der Waals surface area contributed by atoms with Gasteiger partial charge >= 0.3 is 0 Å². The van der Waals surface area contributed by atoms with Crippen LogP contribution in [0, 0.1) is 0 Å². The Balaban J connectivity index is 2.09. The Morgan fingerprint density at radius 2 is 2.31 bits per heavy atom. The van der Waals surface area contributed by atoms with Crippen molar-refractivity contribution in [3.05, 3.63) is 17.5 Å². The molecule has 2 rings (SSSR count). The Kier molecular flexibility index (Phi) is 3.36. The van der Waals surface area contributed by atoms with E-state index in [4.69, 9.17) is 5.73 Å². The van der Waals surface area contributed by atoms with Crippen molar-refractivity contribution < 1.29 is 0 Å². The minimum absolute atomic E-state index is 0.706. The molecule has 16 heavy (non-hydrogen) atoms. The van der Waals surface area contributed by atoms with Crippen LogP contribution in [0.2, 0.25) is 0 Å². The summed E-state index contributed by atoms with van der Waals surface area (Å²) in [7, 11) is 4.11. The van der Waals surface area contributed by atoms with Gasteiger partial charge in [-0.05, 0) is 20.0 Å². The number of nitrogens with two attached hydrogens (primary N) is 1. The number of anilines is 1. The Bertz CT molecular complexity index is 365. The maximum Gasteiger partial charge on any atom is 0.225 e. The summed E-state index contributed by atoms with van der Waals surface area (Å²) in [6.45, 7) is 3.50. The summed E-state index contributed by atoms with van der Waals surface area (Å²) in [5.74, 6) is 0.808. The van der Waals surface area contributed by atoms with E-state index in [1.165, 1.54) is 5.56 Å². The summed E-state index contributed by atoms with van der Waals surface area (Å²) >= 11 is 0. The van der Waals surface area contributed by atoms with E-state index in [0.717, 1.165) is 37.7 Å². The molecule has 0 bridgehead atoms. The Morgan fingerprint density at radius 1 is 1.50 bits per heavy atom. The van der Waals surface area contributed by atoms with Gasteiger partial charge in [-0.2, -0.15) is 0 Å². The van der Waals surface area contributed by atoms with Gasteiger partial charge in [0.1, 0.15) is 0 Å². The summed E-state index contributed by atoms with van der Waals surface area (Å²) in [5, 5.41) is 0. The lowest BCUT2D eigenvalue weighted by atomic mass is 10.3. The molecule has 2 N–H and O–H groups in total. The first-order chi connectivity index (χ1) is 7.70. The number of rotatable bonds is 4. The van der Waals surface area contributed by atoms with Gasteiger partial charge in [0.2, 0.25) is 5.95 Å². The van der Waals surface area contributed by atoms with Gasteiger partial charge in [0.25, 0.3) is 0 Å². The molecule has 5 nitrogen and oxygen atoms in total. The van der Waals surface area contributed by atoms with E-state index in [0.29, 0.717) is 6.54 Å². The van der Waals surface area contributed by atoms with Crippen molar-refractivity contribution in [3.63, 3.8) is 0 Å². The Morgan fingerprint density at radius 3 is 3.06 bits per heavy atom. The first-order valence-electron chi connectivity index (χ1n) is 5.65. The van der Waals surface area contributed by atoms with Crippen molar-refractivity contribution in [1.29, 1.82) is 0 Å². The minimum atomic E-state index is 0.706. The summed E-state index contributed by atoms with van der Waals surface area (Å²) in [6.07, 6.45) is 2.91. The van der Waals surface area contributed by atoms with E-state index in [1.807, 2.05) is 13.2 Å². The van der Waals surface area contributed by atoms with Gasteiger partial charge in [-0.25, -0.2) is 9.97 Å². The van der Waals surface area contributed by atoms with E-state index in [9.17, 15) is 0 Å². The number of aromatic nitrogens is 2. The summed E-state index contributed by atoms with van der Waals surface area (Å²) in [6, 6.07) is 0. The third kappa shape index (κ3) is 2.31. The van der Waals surface area contributed by atoms with Crippen LogP contribution in [0.4, 0.5) is 5.95 Å². The minimum Gasteiger partial charge on any atom is -0.344 e. The van der Waals surface area contributed by atoms with Gasteiger partial charge < -0.3 is 10.6 Å². The van der Waals surface area contributed by atoms with E-state index >= 15 is 0 Å². The highest BCUT2D eigenvalue weighted by Gasteiger charge is 2.18. The van der Waals surface area contributed by atoms with Crippen molar-refractivity contribution >= 4 is 5.95 Å². The fourth-order valence-corrected chi connectivity index (χ4v) is 1.92. The molecule has 88 valence electrons. The van der Waals surface area contributed by atoms with Crippen LogP contribution < -0.4 is 10.6 Å². The molecule has 0 atom stereocenters. The highest BCUT2D eigenvalue weighted by atomic mass is 15.2. The molecule has 0 aromatic carbocycles.